The van der Waals surface area contributed by atoms with Crippen molar-refractivity contribution in [3.63, 3.8) is 0 Å². The van der Waals surface area contributed by atoms with Gasteiger partial charge in [-0.25, -0.2) is 0 Å². The molecule has 1 fully saturated rings. The van der Waals surface area contributed by atoms with E-state index in [1.165, 1.54) is 48.9 Å². The second-order valence-corrected chi connectivity index (χ2v) is 8.47. The van der Waals surface area contributed by atoms with Crippen LogP contribution in [0.2, 0.25) is 0 Å². The monoisotopic (exact) mass is 411 g/mol. The molecule has 1 aliphatic rings. The molecular weight excluding hydrogens is 374 g/mol. The van der Waals surface area contributed by atoms with E-state index in [0.717, 1.165) is 23.8 Å². The van der Waals surface area contributed by atoms with Gasteiger partial charge in [0.1, 0.15) is 5.75 Å². The first-order valence-corrected chi connectivity index (χ1v) is 11.2. The highest BCUT2D eigenvalue weighted by atomic mass is 16.5. The molecule has 164 valence electrons. The molecule has 1 aliphatic carbocycles. The number of aromatic nitrogens is 2. The van der Waals surface area contributed by atoms with Crippen LogP contribution in [0.1, 0.15) is 61.5 Å². The molecule has 0 aliphatic heterocycles. The number of nitrogens with one attached hydrogen (secondary N) is 2. The van der Waals surface area contributed by atoms with Crippen LogP contribution in [0.5, 0.6) is 5.75 Å². The molecule has 1 aromatic carbocycles. The number of hydrogen-bond acceptors (Lipinski definition) is 3. The van der Waals surface area contributed by atoms with E-state index in [9.17, 15) is 0 Å². The molecule has 2 N–H and O–H groups in total. The topological polar surface area (TPSA) is 63.5 Å². The minimum atomic E-state index is 0.249. The normalized spacial score (nSPS) is 16.4. The van der Waals surface area contributed by atoms with E-state index in [4.69, 9.17) is 4.74 Å². The highest BCUT2D eigenvalue weighted by Crippen LogP contribution is 2.24. The zero-order valence-electron chi connectivity index (χ0n) is 19.2. The summed E-state index contributed by atoms with van der Waals surface area (Å²) >= 11 is 0. The quantitative estimate of drug-likeness (QED) is 0.533. The average Bonchev–Trinajstić information content (AvgIpc) is 2.98. The number of rotatable bonds is 7. The van der Waals surface area contributed by atoms with Crippen LogP contribution in [0.4, 0.5) is 0 Å². The van der Waals surface area contributed by atoms with E-state index >= 15 is 0 Å². The van der Waals surface area contributed by atoms with Crippen molar-refractivity contribution in [2.45, 2.75) is 78.0 Å². The van der Waals surface area contributed by atoms with Crippen molar-refractivity contribution >= 4 is 5.96 Å². The van der Waals surface area contributed by atoms with Crippen molar-refractivity contribution in [2.24, 2.45) is 12.0 Å². The summed E-state index contributed by atoms with van der Waals surface area (Å²) < 4.78 is 8.15. The summed E-state index contributed by atoms with van der Waals surface area (Å²) in [7, 11) is 3.81. The first-order valence-electron chi connectivity index (χ1n) is 11.2. The number of guanidine groups is 1. The lowest BCUT2D eigenvalue weighted by atomic mass is 9.98. The largest absolute Gasteiger partial charge is 0.490 e. The molecule has 0 bridgehead atoms. The standard InChI is InChI=1S/C24H37N5O/c1-17(14-23-18(2)28-29(5)19(23)3)27-24(25-4)26-16-20-10-9-13-22(15-20)30-21-11-7-6-8-12-21/h9-10,13,15,17,21H,6-8,11-12,14,16H2,1-5H3,(H2,25,26,27). The van der Waals surface area contributed by atoms with Crippen LogP contribution in [0, 0.1) is 13.8 Å². The van der Waals surface area contributed by atoms with E-state index in [-0.39, 0.29) is 6.04 Å². The third-order valence-corrected chi connectivity index (χ3v) is 5.99. The van der Waals surface area contributed by atoms with Crippen LogP contribution in [-0.2, 0) is 20.0 Å². The van der Waals surface area contributed by atoms with Gasteiger partial charge in [0.2, 0.25) is 0 Å². The number of aliphatic imine (C=N–C) groups is 1. The Labute approximate surface area is 181 Å². The maximum Gasteiger partial charge on any atom is 0.191 e. The van der Waals surface area contributed by atoms with Crippen molar-refractivity contribution in [1.29, 1.82) is 0 Å². The summed E-state index contributed by atoms with van der Waals surface area (Å²) in [6.45, 7) is 7.08. The first kappa shape index (κ1) is 22.2. The van der Waals surface area contributed by atoms with Crippen molar-refractivity contribution < 1.29 is 4.74 Å². The van der Waals surface area contributed by atoms with Crippen LogP contribution in [0.25, 0.3) is 0 Å². The molecule has 0 saturated heterocycles. The van der Waals surface area contributed by atoms with Crippen LogP contribution in [-0.4, -0.2) is 34.9 Å². The zero-order chi connectivity index (χ0) is 21.5. The van der Waals surface area contributed by atoms with E-state index in [1.54, 1.807) is 0 Å². The van der Waals surface area contributed by atoms with Gasteiger partial charge < -0.3 is 15.4 Å². The predicted molar refractivity (Wildman–Crippen MR) is 123 cm³/mol. The Hall–Kier alpha value is -2.50. The Morgan fingerprint density at radius 1 is 1.27 bits per heavy atom. The van der Waals surface area contributed by atoms with Gasteiger partial charge in [0.15, 0.2) is 5.96 Å². The van der Waals surface area contributed by atoms with Gasteiger partial charge in [-0.2, -0.15) is 5.10 Å². The molecule has 1 saturated carbocycles. The zero-order valence-corrected chi connectivity index (χ0v) is 19.2. The van der Waals surface area contributed by atoms with Gasteiger partial charge in [0.05, 0.1) is 11.8 Å². The van der Waals surface area contributed by atoms with E-state index in [1.807, 2.05) is 18.8 Å². The average molecular weight is 412 g/mol. The maximum atomic E-state index is 6.20. The van der Waals surface area contributed by atoms with Crippen molar-refractivity contribution in [3.8, 4) is 5.75 Å². The molecule has 1 aromatic heterocycles. The number of benzene rings is 1. The second kappa shape index (κ2) is 10.5. The molecule has 1 heterocycles. The van der Waals surface area contributed by atoms with Gasteiger partial charge in [-0.3, -0.25) is 9.67 Å². The summed E-state index contributed by atoms with van der Waals surface area (Å²) in [6.07, 6.45) is 7.54. The minimum absolute atomic E-state index is 0.249. The van der Waals surface area contributed by atoms with Gasteiger partial charge in [-0.15, -0.1) is 0 Å². The number of ether oxygens (including phenoxy) is 1. The maximum absolute atomic E-state index is 6.20. The number of hydrogen-bond donors (Lipinski definition) is 2. The third-order valence-electron chi connectivity index (χ3n) is 5.99. The molecule has 30 heavy (non-hydrogen) atoms. The van der Waals surface area contributed by atoms with E-state index in [2.05, 4.69) is 65.8 Å². The Morgan fingerprint density at radius 2 is 2.03 bits per heavy atom. The van der Waals surface area contributed by atoms with E-state index < -0.39 is 0 Å². The fourth-order valence-electron chi connectivity index (χ4n) is 4.19. The van der Waals surface area contributed by atoms with Crippen LogP contribution < -0.4 is 15.4 Å². The second-order valence-electron chi connectivity index (χ2n) is 8.47. The minimum Gasteiger partial charge on any atom is -0.490 e. The highest BCUT2D eigenvalue weighted by molar-refractivity contribution is 5.79. The Morgan fingerprint density at radius 3 is 2.70 bits per heavy atom. The van der Waals surface area contributed by atoms with Gasteiger partial charge in [-0.05, 0) is 76.1 Å². The molecule has 0 amide bonds. The molecular formula is C24H37N5O. The molecule has 6 nitrogen and oxygen atoms in total. The Balaban J connectivity index is 1.51. The van der Waals surface area contributed by atoms with Gasteiger partial charge >= 0.3 is 0 Å². The number of aryl methyl sites for hydroxylation is 2. The predicted octanol–water partition coefficient (Wildman–Crippen LogP) is 4.04. The fraction of sp³-hybridized carbons (Fsp3) is 0.583. The van der Waals surface area contributed by atoms with Crippen molar-refractivity contribution in [1.82, 2.24) is 20.4 Å². The summed E-state index contributed by atoms with van der Waals surface area (Å²) in [5, 5.41) is 11.5. The Bertz CT molecular complexity index is 851. The molecule has 2 aromatic rings. The summed E-state index contributed by atoms with van der Waals surface area (Å²) in [4.78, 5) is 4.39. The van der Waals surface area contributed by atoms with Gasteiger partial charge in [0.25, 0.3) is 0 Å². The lowest BCUT2D eigenvalue weighted by molar-refractivity contribution is 0.155. The SMILES string of the molecule is CN=C(NCc1cccc(OC2CCCCC2)c1)NC(C)Cc1c(C)nn(C)c1C. The van der Waals surface area contributed by atoms with E-state index in [0.29, 0.717) is 12.6 Å². The lowest BCUT2D eigenvalue weighted by Crippen LogP contribution is -2.42. The fourth-order valence-corrected chi connectivity index (χ4v) is 4.19. The van der Waals surface area contributed by atoms with Gasteiger partial charge in [0, 0.05) is 32.4 Å². The lowest BCUT2D eigenvalue weighted by Gasteiger charge is -2.23. The molecule has 1 atom stereocenters. The van der Waals surface area contributed by atoms with Crippen LogP contribution in [0.3, 0.4) is 0 Å². The molecule has 6 heteroatoms. The summed E-state index contributed by atoms with van der Waals surface area (Å²) in [6, 6.07) is 8.65. The summed E-state index contributed by atoms with van der Waals surface area (Å²) in [5.74, 6) is 1.78. The molecule has 0 radical (unpaired) electrons. The van der Waals surface area contributed by atoms with Crippen molar-refractivity contribution in [3.05, 3.63) is 46.8 Å². The van der Waals surface area contributed by atoms with Crippen molar-refractivity contribution in [2.75, 3.05) is 7.05 Å². The molecule has 3 rings (SSSR count). The molecule has 0 spiro atoms. The number of nitrogens with zero attached hydrogens (tertiary/aromatic N) is 3. The third kappa shape index (κ3) is 6.00. The van der Waals surface area contributed by atoms with Crippen LogP contribution in [0.15, 0.2) is 29.3 Å². The smallest absolute Gasteiger partial charge is 0.191 e. The first-order chi connectivity index (χ1) is 14.5. The summed E-state index contributed by atoms with van der Waals surface area (Å²) in [5.41, 5.74) is 4.82. The highest BCUT2D eigenvalue weighted by Gasteiger charge is 2.16. The van der Waals surface area contributed by atoms with Gasteiger partial charge in [-0.1, -0.05) is 18.6 Å². The Kier molecular flexibility index (Phi) is 7.77. The van der Waals surface area contributed by atoms with Crippen LogP contribution >= 0.6 is 0 Å². The molecule has 1 unspecified atom stereocenters.